The maximum absolute atomic E-state index is 13.3. The molecule has 0 bridgehead atoms. The fourth-order valence-corrected chi connectivity index (χ4v) is 5.53. The average molecular weight is 445 g/mol. The van der Waals surface area contributed by atoms with Crippen LogP contribution in [0.15, 0.2) is 53.4 Å². The SMILES string of the molecule is O=C(c1cc([N+](=O)[O-])ccc1N1CCCC1)N1CCN(S(=O)(=O)c2ccccc2)CC1. The molecule has 2 aliphatic heterocycles. The first-order valence-electron chi connectivity index (χ1n) is 10.3. The lowest BCUT2D eigenvalue weighted by molar-refractivity contribution is -0.384. The van der Waals surface area contributed by atoms with Crippen LogP contribution in [0.2, 0.25) is 0 Å². The summed E-state index contributed by atoms with van der Waals surface area (Å²) >= 11 is 0. The van der Waals surface area contributed by atoms with Crippen molar-refractivity contribution in [2.75, 3.05) is 44.2 Å². The van der Waals surface area contributed by atoms with Crippen molar-refractivity contribution < 1.29 is 18.1 Å². The van der Waals surface area contributed by atoms with E-state index in [2.05, 4.69) is 4.90 Å². The third kappa shape index (κ3) is 4.26. The zero-order chi connectivity index (χ0) is 22.0. The van der Waals surface area contributed by atoms with Crippen LogP contribution in [0.25, 0.3) is 0 Å². The average Bonchev–Trinajstić information content (AvgIpc) is 3.33. The molecule has 164 valence electrons. The van der Waals surface area contributed by atoms with Crippen LogP contribution in [-0.4, -0.2) is 67.7 Å². The molecular weight excluding hydrogens is 420 g/mol. The van der Waals surface area contributed by atoms with Gasteiger partial charge in [-0.3, -0.25) is 14.9 Å². The number of carbonyl (C=O) groups excluding carboxylic acids is 1. The second-order valence-corrected chi connectivity index (χ2v) is 9.60. The minimum Gasteiger partial charge on any atom is -0.371 e. The normalized spacial score (nSPS) is 17.7. The number of rotatable bonds is 5. The van der Waals surface area contributed by atoms with Crippen molar-refractivity contribution in [3.8, 4) is 0 Å². The van der Waals surface area contributed by atoms with E-state index in [1.165, 1.54) is 16.4 Å². The van der Waals surface area contributed by atoms with Crippen LogP contribution < -0.4 is 4.90 Å². The van der Waals surface area contributed by atoms with Gasteiger partial charge in [-0.05, 0) is 31.0 Å². The Balaban J connectivity index is 1.53. The molecule has 2 aromatic rings. The molecule has 1 amide bonds. The van der Waals surface area contributed by atoms with Gasteiger partial charge >= 0.3 is 0 Å². The summed E-state index contributed by atoms with van der Waals surface area (Å²) in [5, 5.41) is 11.3. The van der Waals surface area contributed by atoms with Gasteiger partial charge < -0.3 is 9.80 Å². The lowest BCUT2D eigenvalue weighted by Crippen LogP contribution is -2.50. The van der Waals surface area contributed by atoms with Gasteiger partial charge in [0.15, 0.2) is 0 Å². The monoisotopic (exact) mass is 444 g/mol. The molecule has 0 aromatic heterocycles. The number of nitrogens with zero attached hydrogens (tertiary/aromatic N) is 4. The predicted octanol–water partition coefficient (Wildman–Crippen LogP) is 2.34. The minimum atomic E-state index is -3.62. The first-order valence-corrected chi connectivity index (χ1v) is 11.7. The van der Waals surface area contributed by atoms with Crippen molar-refractivity contribution in [1.29, 1.82) is 0 Å². The highest BCUT2D eigenvalue weighted by molar-refractivity contribution is 7.89. The van der Waals surface area contributed by atoms with Gasteiger partial charge in [0, 0.05) is 51.4 Å². The summed E-state index contributed by atoms with van der Waals surface area (Å²) in [7, 11) is -3.62. The third-order valence-electron chi connectivity index (χ3n) is 5.77. The van der Waals surface area contributed by atoms with E-state index < -0.39 is 14.9 Å². The van der Waals surface area contributed by atoms with Gasteiger partial charge in [0.25, 0.3) is 11.6 Å². The molecule has 0 atom stereocenters. The van der Waals surface area contributed by atoms with Crippen LogP contribution in [0.3, 0.4) is 0 Å². The Bertz CT molecular complexity index is 1080. The number of piperazine rings is 1. The van der Waals surface area contributed by atoms with Crippen LogP contribution >= 0.6 is 0 Å². The second kappa shape index (κ2) is 8.64. The highest BCUT2D eigenvalue weighted by atomic mass is 32.2. The standard InChI is InChI=1S/C21H24N4O5S/c26-21(19-16-17(25(27)28)8-9-20(19)22-10-4-5-11-22)23-12-14-24(15-13-23)31(29,30)18-6-2-1-3-7-18/h1-3,6-9,16H,4-5,10-15H2. The Kier molecular flexibility index (Phi) is 5.92. The highest BCUT2D eigenvalue weighted by Crippen LogP contribution is 2.30. The summed E-state index contributed by atoms with van der Waals surface area (Å²) in [5.41, 5.74) is 0.875. The van der Waals surface area contributed by atoms with E-state index in [1.807, 2.05) is 0 Å². The molecular formula is C21H24N4O5S. The van der Waals surface area contributed by atoms with E-state index in [0.717, 1.165) is 25.9 Å². The van der Waals surface area contributed by atoms with Gasteiger partial charge in [-0.15, -0.1) is 0 Å². The van der Waals surface area contributed by atoms with Crippen molar-refractivity contribution in [3.63, 3.8) is 0 Å². The van der Waals surface area contributed by atoms with Crippen molar-refractivity contribution in [3.05, 3.63) is 64.2 Å². The molecule has 0 spiro atoms. The second-order valence-electron chi connectivity index (χ2n) is 7.66. The molecule has 2 saturated heterocycles. The maximum Gasteiger partial charge on any atom is 0.270 e. The molecule has 2 aromatic carbocycles. The summed E-state index contributed by atoms with van der Waals surface area (Å²) < 4.78 is 27.0. The van der Waals surface area contributed by atoms with E-state index in [0.29, 0.717) is 11.3 Å². The molecule has 0 saturated carbocycles. The number of nitro groups is 1. The number of nitro benzene ring substituents is 1. The largest absolute Gasteiger partial charge is 0.371 e. The predicted molar refractivity (Wildman–Crippen MR) is 116 cm³/mol. The van der Waals surface area contributed by atoms with Crippen LogP contribution in [0.1, 0.15) is 23.2 Å². The number of hydrogen-bond acceptors (Lipinski definition) is 6. The Morgan fingerprint density at radius 2 is 1.55 bits per heavy atom. The van der Waals surface area contributed by atoms with Gasteiger partial charge in [-0.1, -0.05) is 18.2 Å². The van der Waals surface area contributed by atoms with Gasteiger partial charge in [0.2, 0.25) is 10.0 Å². The first kappa shape index (κ1) is 21.3. The number of non-ortho nitro benzene ring substituents is 1. The number of carbonyl (C=O) groups is 1. The van der Waals surface area contributed by atoms with E-state index in [4.69, 9.17) is 0 Å². The molecule has 10 heteroatoms. The quantitative estimate of drug-likeness (QED) is 0.518. The van der Waals surface area contributed by atoms with Crippen LogP contribution in [0, 0.1) is 10.1 Å². The summed E-state index contributed by atoms with van der Waals surface area (Å²) in [5.74, 6) is -0.303. The van der Waals surface area contributed by atoms with Crippen LogP contribution in [0.4, 0.5) is 11.4 Å². The smallest absolute Gasteiger partial charge is 0.270 e. The summed E-state index contributed by atoms with van der Waals surface area (Å²) in [6, 6.07) is 12.6. The Hall–Kier alpha value is -2.98. The van der Waals surface area contributed by atoms with Gasteiger partial charge in [0.05, 0.1) is 21.1 Å². The molecule has 9 nitrogen and oxygen atoms in total. The van der Waals surface area contributed by atoms with E-state index in [-0.39, 0.29) is 42.7 Å². The van der Waals surface area contributed by atoms with Crippen molar-refractivity contribution in [2.45, 2.75) is 17.7 Å². The topological polar surface area (TPSA) is 104 Å². The lowest BCUT2D eigenvalue weighted by Gasteiger charge is -2.34. The number of sulfonamides is 1. The Morgan fingerprint density at radius 1 is 0.903 bits per heavy atom. The first-order chi connectivity index (χ1) is 14.9. The molecule has 31 heavy (non-hydrogen) atoms. The summed E-state index contributed by atoms with van der Waals surface area (Å²) in [6.07, 6.45) is 2.03. The van der Waals surface area contributed by atoms with Crippen molar-refractivity contribution >= 4 is 27.3 Å². The Morgan fingerprint density at radius 3 is 2.16 bits per heavy atom. The molecule has 2 heterocycles. The molecule has 0 aliphatic carbocycles. The van der Waals surface area contributed by atoms with Crippen LogP contribution in [-0.2, 0) is 10.0 Å². The Labute approximate surface area is 181 Å². The highest BCUT2D eigenvalue weighted by Gasteiger charge is 2.32. The summed E-state index contributed by atoms with van der Waals surface area (Å²) in [4.78, 5) is 27.9. The van der Waals surface area contributed by atoms with Gasteiger partial charge in [0.1, 0.15) is 0 Å². The van der Waals surface area contributed by atoms with Crippen molar-refractivity contribution in [1.82, 2.24) is 9.21 Å². The van der Waals surface area contributed by atoms with E-state index >= 15 is 0 Å². The van der Waals surface area contributed by atoms with Crippen LogP contribution in [0.5, 0.6) is 0 Å². The maximum atomic E-state index is 13.3. The molecule has 2 aliphatic rings. The van der Waals surface area contributed by atoms with E-state index in [1.54, 1.807) is 41.3 Å². The zero-order valence-corrected chi connectivity index (χ0v) is 17.8. The van der Waals surface area contributed by atoms with Gasteiger partial charge in [-0.2, -0.15) is 4.31 Å². The lowest BCUT2D eigenvalue weighted by atomic mass is 10.1. The fourth-order valence-electron chi connectivity index (χ4n) is 4.09. The molecule has 0 unspecified atom stereocenters. The van der Waals surface area contributed by atoms with Crippen molar-refractivity contribution in [2.24, 2.45) is 0 Å². The number of amides is 1. The molecule has 4 rings (SSSR count). The minimum absolute atomic E-state index is 0.128. The molecule has 0 radical (unpaired) electrons. The van der Waals surface area contributed by atoms with E-state index in [9.17, 15) is 23.3 Å². The fraction of sp³-hybridized carbons (Fsp3) is 0.381. The molecule has 2 fully saturated rings. The zero-order valence-electron chi connectivity index (χ0n) is 17.0. The number of anilines is 1. The number of hydrogen-bond donors (Lipinski definition) is 0. The third-order valence-corrected chi connectivity index (χ3v) is 7.69. The molecule has 0 N–H and O–H groups in total. The number of benzene rings is 2. The summed E-state index contributed by atoms with van der Waals surface area (Å²) in [6.45, 7) is 2.43. The van der Waals surface area contributed by atoms with Gasteiger partial charge in [-0.25, -0.2) is 8.42 Å².